The quantitative estimate of drug-likeness (QED) is 0.330. The molecule has 54 valence electrons. The first-order valence-corrected chi connectivity index (χ1v) is 3.63. The summed E-state index contributed by atoms with van der Waals surface area (Å²) in [5.74, 6) is 0. The van der Waals surface area contributed by atoms with Crippen LogP contribution in [0.2, 0.25) is 0 Å². The van der Waals surface area contributed by atoms with E-state index in [1.807, 2.05) is 12.1 Å². The van der Waals surface area contributed by atoms with Crippen LogP contribution in [0.3, 0.4) is 0 Å². The molecule has 0 saturated carbocycles. The van der Waals surface area contributed by atoms with Gasteiger partial charge in [0.05, 0.1) is 6.07 Å². The van der Waals surface area contributed by atoms with Crippen molar-refractivity contribution in [2.24, 2.45) is 0 Å². The minimum Gasteiger partial charge on any atom is -0.193 e. The van der Waals surface area contributed by atoms with Gasteiger partial charge in [0, 0.05) is 6.08 Å². The SMILES string of the molecule is CCCCC=C/C=C\C#N. The van der Waals surface area contributed by atoms with Crippen LogP contribution in [0, 0.1) is 11.3 Å². The van der Waals surface area contributed by atoms with Crippen LogP contribution in [-0.2, 0) is 0 Å². The smallest absolute Gasteiger partial charge is 0.0912 e. The molecule has 0 amide bonds. The summed E-state index contributed by atoms with van der Waals surface area (Å²) in [5.41, 5.74) is 0. The number of nitrogens with zero attached hydrogens (tertiary/aromatic N) is 1. The van der Waals surface area contributed by atoms with Crippen molar-refractivity contribution >= 4 is 0 Å². The number of nitriles is 1. The van der Waals surface area contributed by atoms with E-state index in [2.05, 4.69) is 13.0 Å². The summed E-state index contributed by atoms with van der Waals surface area (Å²) in [6.45, 7) is 2.17. The molecule has 0 aliphatic carbocycles. The van der Waals surface area contributed by atoms with Crippen LogP contribution in [0.25, 0.3) is 0 Å². The average molecular weight is 135 g/mol. The first-order valence-electron chi connectivity index (χ1n) is 3.63. The first-order chi connectivity index (χ1) is 4.91. The molecule has 0 bridgehead atoms. The van der Waals surface area contributed by atoms with Crippen LogP contribution in [0.1, 0.15) is 26.2 Å². The molecular formula is C9H13N. The maximum atomic E-state index is 8.10. The third kappa shape index (κ3) is 6.97. The Morgan fingerprint density at radius 2 is 2.20 bits per heavy atom. The van der Waals surface area contributed by atoms with E-state index in [0.717, 1.165) is 6.42 Å². The van der Waals surface area contributed by atoms with Crippen LogP contribution >= 0.6 is 0 Å². The van der Waals surface area contributed by atoms with Crippen molar-refractivity contribution in [1.29, 1.82) is 5.26 Å². The van der Waals surface area contributed by atoms with Crippen molar-refractivity contribution in [2.45, 2.75) is 26.2 Å². The minimum atomic E-state index is 1.12. The molecule has 1 nitrogen and oxygen atoms in total. The highest BCUT2D eigenvalue weighted by molar-refractivity contribution is 5.11. The molecule has 0 aromatic rings. The van der Waals surface area contributed by atoms with E-state index < -0.39 is 0 Å². The Balaban J connectivity index is 3.22. The third-order valence-electron chi connectivity index (χ3n) is 1.14. The summed E-state index contributed by atoms with van der Waals surface area (Å²) in [6, 6.07) is 1.93. The highest BCUT2D eigenvalue weighted by Crippen LogP contribution is 1.94. The molecule has 0 atom stereocenters. The molecule has 0 N–H and O–H groups in total. The van der Waals surface area contributed by atoms with Gasteiger partial charge in [0.25, 0.3) is 0 Å². The predicted octanol–water partition coefficient (Wildman–Crippen LogP) is 2.81. The number of unbranched alkanes of at least 4 members (excludes halogenated alkanes) is 2. The van der Waals surface area contributed by atoms with Crippen molar-refractivity contribution < 1.29 is 0 Å². The van der Waals surface area contributed by atoms with Crippen molar-refractivity contribution in [2.75, 3.05) is 0 Å². The summed E-state index contributed by atoms with van der Waals surface area (Å²) < 4.78 is 0. The molecular weight excluding hydrogens is 122 g/mol. The molecule has 10 heavy (non-hydrogen) atoms. The van der Waals surface area contributed by atoms with E-state index in [4.69, 9.17) is 5.26 Å². The maximum absolute atomic E-state index is 8.10. The van der Waals surface area contributed by atoms with Crippen LogP contribution in [0.5, 0.6) is 0 Å². The number of rotatable bonds is 4. The lowest BCUT2D eigenvalue weighted by Gasteiger charge is -1.84. The van der Waals surface area contributed by atoms with Gasteiger partial charge in [0.1, 0.15) is 0 Å². The number of hydrogen-bond acceptors (Lipinski definition) is 1. The molecule has 0 aliphatic heterocycles. The second-order valence-electron chi connectivity index (χ2n) is 2.06. The highest BCUT2D eigenvalue weighted by atomic mass is 14.2. The minimum absolute atomic E-state index is 1.12. The topological polar surface area (TPSA) is 23.8 Å². The molecule has 0 saturated heterocycles. The number of allylic oxidation sites excluding steroid dienone is 4. The molecule has 0 radical (unpaired) electrons. The zero-order valence-corrected chi connectivity index (χ0v) is 6.38. The third-order valence-corrected chi connectivity index (χ3v) is 1.14. The van der Waals surface area contributed by atoms with Crippen LogP contribution in [0.15, 0.2) is 24.3 Å². The van der Waals surface area contributed by atoms with Gasteiger partial charge in [-0.25, -0.2) is 0 Å². The van der Waals surface area contributed by atoms with E-state index in [-0.39, 0.29) is 0 Å². The Morgan fingerprint density at radius 3 is 2.80 bits per heavy atom. The zero-order valence-electron chi connectivity index (χ0n) is 6.38. The van der Waals surface area contributed by atoms with Gasteiger partial charge in [-0.05, 0) is 6.42 Å². The van der Waals surface area contributed by atoms with Crippen LogP contribution < -0.4 is 0 Å². The van der Waals surface area contributed by atoms with Gasteiger partial charge in [0.15, 0.2) is 0 Å². The highest BCUT2D eigenvalue weighted by Gasteiger charge is 1.74. The second-order valence-corrected chi connectivity index (χ2v) is 2.06. The molecule has 0 unspecified atom stereocenters. The first kappa shape index (κ1) is 8.97. The van der Waals surface area contributed by atoms with E-state index in [1.165, 1.54) is 18.9 Å². The lowest BCUT2D eigenvalue weighted by Crippen LogP contribution is -1.64. The standard InChI is InChI=1S/C9H13N/c1-2-3-4-5-6-7-8-9-10/h5-8H,2-4H2,1H3/b6-5?,8-7-. The normalized spacial score (nSPS) is 10.8. The largest absolute Gasteiger partial charge is 0.193 e. The van der Waals surface area contributed by atoms with Crippen LogP contribution in [0.4, 0.5) is 0 Å². The fraction of sp³-hybridized carbons (Fsp3) is 0.444. The van der Waals surface area contributed by atoms with Crippen molar-refractivity contribution in [3.8, 4) is 6.07 Å². The van der Waals surface area contributed by atoms with E-state index >= 15 is 0 Å². The zero-order chi connectivity index (χ0) is 7.66. The Hall–Kier alpha value is -1.03. The van der Waals surface area contributed by atoms with Crippen molar-refractivity contribution in [1.82, 2.24) is 0 Å². The molecule has 0 rings (SSSR count). The van der Waals surface area contributed by atoms with Gasteiger partial charge in [-0.3, -0.25) is 0 Å². The Labute approximate surface area is 62.7 Å². The fourth-order valence-electron chi connectivity index (χ4n) is 0.595. The molecule has 0 fully saturated rings. The summed E-state index contributed by atoms with van der Waals surface area (Å²) in [4.78, 5) is 0. The van der Waals surface area contributed by atoms with Gasteiger partial charge >= 0.3 is 0 Å². The molecule has 0 aromatic heterocycles. The fourth-order valence-corrected chi connectivity index (χ4v) is 0.595. The lowest BCUT2D eigenvalue weighted by atomic mass is 10.2. The Kier molecular flexibility index (Phi) is 7.15. The second kappa shape index (κ2) is 7.97. The van der Waals surface area contributed by atoms with Crippen molar-refractivity contribution in [3.63, 3.8) is 0 Å². The Morgan fingerprint density at radius 1 is 1.40 bits per heavy atom. The van der Waals surface area contributed by atoms with E-state index in [1.54, 1.807) is 6.08 Å². The summed E-state index contributed by atoms with van der Waals surface area (Å²) in [7, 11) is 0. The molecule has 0 aliphatic rings. The summed E-state index contributed by atoms with van der Waals surface area (Å²) in [6.07, 6.45) is 10.8. The van der Waals surface area contributed by atoms with Gasteiger partial charge < -0.3 is 0 Å². The van der Waals surface area contributed by atoms with Gasteiger partial charge in [0.2, 0.25) is 0 Å². The number of hydrogen-bond donors (Lipinski definition) is 0. The predicted molar refractivity (Wildman–Crippen MR) is 43.4 cm³/mol. The van der Waals surface area contributed by atoms with Crippen molar-refractivity contribution in [3.05, 3.63) is 24.3 Å². The van der Waals surface area contributed by atoms with Gasteiger partial charge in [-0.1, -0.05) is 38.0 Å². The molecule has 0 spiro atoms. The molecule has 0 aromatic carbocycles. The Bertz CT molecular complexity index is 149. The average Bonchev–Trinajstić information content (AvgIpc) is 1.97. The lowest BCUT2D eigenvalue weighted by molar-refractivity contribution is 0.815. The van der Waals surface area contributed by atoms with Gasteiger partial charge in [-0.2, -0.15) is 5.26 Å². The van der Waals surface area contributed by atoms with Crippen LogP contribution in [-0.4, -0.2) is 0 Å². The summed E-state index contributed by atoms with van der Waals surface area (Å²) >= 11 is 0. The molecule has 1 heteroatoms. The van der Waals surface area contributed by atoms with Gasteiger partial charge in [-0.15, -0.1) is 0 Å². The summed E-state index contributed by atoms with van der Waals surface area (Å²) in [5, 5.41) is 8.10. The maximum Gasteiger partial charge on any atom is 0.0912 e. The van der Waals surface area contributed by atoms with E-state index in [0.29, 0.717) is 0 Å². The molecule has 0 heterocycles. The van der Waals surface area contributed by atoms with E-state index in [9.17, 15) is 0 Å². The monoisotopic (exact) mass is 135 g/mol.